The highest BCUT2D eigenvalue weighted by atomic mass is 32.2. The number of benzene rings is 1. The fraction of sp³-hybridized carbons (Fsp3) is 0.353. The summed E-state index contributed by atoms with van der Waals surface area (Å²) in [5, 5.41) is 0. The van der Waals surface area contributed by atoms with Crippen molar-refractivity contribution < 1.29 is 13.2 Å². The summed E-state index contributed by atoms with van der Waals surface area (Å²) in [6, 6.07) is 7.65. The molecule has 0 aliphatic heterocycles. The first-order valence-electron chi connectivity index (χ1n) is 7.27. The highest BCUT2D eigenvalue weighted by Gasteiger charge is 2.27. The molecule has 5 heteroatoms. The van der Waals surface area contributed by atoms with Crippen LogP contribution in [0.1, 0.15) is 29.9 Å². The number of methoxy groups -OCH3 is 1. The summed E-state index contributed by atoms with van der Waals surface area (Å²) in [6.45, 7) is 0. The standard InChI is InChI=1S/C17H19NO3S/c1-21-17-9-12(11-22(2,19)20)3-6-15(17)16-10-18-8-7-14(16)13-4-5-13/h3,6-10,13H,4-5,11H2,1-2H3. The Balaban J connectivity index is 2.04. The fourth-order valence-corrected chi connectivity index (χ4v) is 3.52. The second-order valence-electron chi connectivity index (χ2n) is 5.84. The number of rotatable bonds is 5. The van der Waals surface area contributed by atoms with Gasteiger partial charge in [0.25, 0.3) is 0 Å². The lowest BCUT2D eigenvalue weighted by Gasteiger charge is -2.13. The maximum Gasteiger partial charge on any atom is 0.151 e. The van der Waals surface area contributed by atoms with Crippen LogP contribution in [-0.4, -0.2) is 26.8 Å². The lowest BCUT2D eigenvalue weighted by Crippen LogP contribution is -2.01. The van der Waals surface area contributed by atoms with Crippen molar-refractivity contribution >= 4 is 9.84 Å². The van der Waals surface area contributed by atoms with Crippen molar-refractivity contribution in [3.05, 3.63) is 47.8 Å². The molecule has 116 valence electrons. The van der Waals surface area contributed by atoms with Crippen LogP contribution in [-0.2, 0) is 15.6 Å². The minimum atomic E-state index is -3.06. The SMILES string of the molecule is COc1cc(CS(C)(=O)=O)ccc1-c1cnccc1C1CC1. The number of nitrogens with zero attached hydrogens (tertiary/aromatic N) is 1. The van der Waals surface area contributed by atoms with E-state index < -0.39 is 9.84 Å². The molecule has 0 N–H and O–H groups in total. The second-order valence-corrected chi connectivity index (χ2v) is 7.98. The van der Waals surface area contributed by atoms with E-state index in [1.807, 2.05) is 24.5 Å². The second kappa shape index (κ2) is 5.72. The molecule has 1 aromatic heterocycles. The van der Waals surface area contributed by atoms with E-state index in [0.717, 1.165) is 16.7 Å². The molecule has 0 bridgehead atoms. The largest absolute Gasteiger partial charge is 0.496 e. The third-order valence-electron chi connectivity index (χ3n) is 3.86. The highest BCUT2D eigenvalue weighted by Crippen LogP contribution is 2.45. The monoisotopic (exact) mass is 317 g/mol. The normalized spacial score (nSPS) is 14.8. The average molecular weight is 317 g/mol. The molecule has 0 spiro atoms. The number of hydrogen-bond donors (Lipinski definition) is 0. The van der Waals surface area contributed by atoms with Gasteiger partial charge < -0.3 is 4.74 Å². The highest BCUT2D eigenvalue weighted by molar-refractivity contribution is 7.89. The molecular weight excluding hydrogens is 298 g/mol. The summed E-state index contributed by atoms with van der Waals surface area (Å²) in [6.07, 6.45) is 7.35. The number of sulfone groups is 1. The molecule has 0 atom stereocenters. The van der Waals surface area contributed by atoms with E-state index in [9.17, 15) is 8.42 Å². The maximum absolute atomic E-state index is 11.5. The van der Waals surface area contributed by atoms with E-state index >= 15 is 0 Å². The van der Waals surface area contributed by atoms with Gasteiger partial charge in [-0.25, -0.2) is 8.42 Å². The van der Waals surface area contributed by atoms with Gasteiger partial charge in [0.2, 0.25) is 0 Å². The number of pyridine rings is 1. The first kappa shape index (κ1) is 15.0. The topological polar surface area (TPSA) is 56.3 Å². The minimum absolute atomic E-state index is 0.0200. The predicted molar refractivity (Wildman–Crippen MR) is 86.7 cm³/mol. The Kier molecular flexibility index (Phi) is 3.91. The first-order valence-corrected chi connectivity index (χ1v) is 9.33. The quantitative estimate of drug-likeness (QED) is 0.850. The van der Waals surface area contributed by atoms with Crippen molar-refractivity contribution in [1.29, 1.82) is 0 Å². The average Bonchev–Trinajstić information content (AvgIpc) is 3.30. The van der Waals surface area contributed by atoms with Crippen molar-refractivity contribution in [3.63, 3.8) is 0 Å². The molecule has 2 aromatic rings. The van der Waals surface area contributed by atoms with Crippen LogP contribution < -0.4 is 4.74 Å². The van der Waals surface area contributed by atoms with Gasteiger partial charge in [-0.3, -0.25) is 4.98 Å². The zero-order chi connectivity index (χ0) is 15.7. The molecular formula is C17H19NO3S. The summed E-state index contributed by atoms with van der Waals surface area (Å²) in [5.41, 5.74) is 4.08. The van der Waals surface area contributed by atoms with Crippen LogP contribution in [0.25, 0.3) is 11.1 Å². The van der Waals surface area contributed by atoms with Crippen LogP contribution in [0.2, 0.25) is 0 Å². The van der Waals surface area contributed by atoms with Gasteiger partial charge in [0.15, 0.2) is 9.84 Å². The fourth-order valence-electron chi connectivity index (χ4n) is 2.73. The van der Waals surface area contributed by atoms with E-state index in [4.69, 9.17) is 4.74 Å². The van der Waals surface area contributed by atoms with Gasteiger partial charge in [-0.2, -0.15) is 0 Å². The predicted octanol–water partition coefficient (Wildman–Crippen LogP) is 3.18. The molecule has 0 radical (unpaired) electrons. The lowest BCUT2D eigenvalue weighted by atomic mass is 9.97. The molecule has 1 fully saturated rings. The van der Waals surface area contributed by atoms with Crippen molar-refractivity contribution in [3.8, 4) is 16.9 Å². The Morgan fingerprint density at radius 2 is 2.00 bits per heavy atom. The van der Waals surface area contributed by atoms with Crippen LogP contribution >= 0.6 is 0 Å². The van der Waals surface area contributed by atoms with E-state index in [-0.39, 0.29) is 5.75 Å². The van der Waals surface area contributed by atoms with E-state index in [0.29, 0.717) is 11.7 Å². The molecule has 0 saturated heterocycles. The molecule has 3 rings (SSSR count). The van der Waals surface area contributed by atoms with E-state index in [2.05, 4.69) is 11.1 Å². The summed E-state index contributed by atoms with van der Waals surface area (Å²) in [4.78, 5) is 4.24. The van der Waals surface area contributed by atoms with Crippen LogP contribution in [0.5, 0.6) is 5.75 Å². The molecule has 1 aliphatic rings. The Morgan fingerprint density at radius 3 is 2.64 bits per heavy atom. The zero-order valence-corrected chi connectivity index (χ0v) is 13.6. The van der Waals surface area contributed by atoms with Crippen LogP contribution in [0.4, 0.5) is 0 Å². The summed E-state index contributed by atoms with van der Waals surface area (Å²) < 4.78 is 28.4. The maximum atomic E-state index is 11.5. The number of hydrogen-bond acceptors (Lipinski definition) is 4. The Hall–Kier alpha value is -1.88. The Bertz CT molecular complexity index is 795. The molecule has 0 unspecified atom stereocenters. The zero-order valence-electron chi connectivity index (χ0n) is 12.7. The van der Waals surface area contributed by atoms with E-state index in [1.54, 1.807) is 13.2 Å². The van der Waals surface area contributed by atoms with Crippen LogP contribution in [0.3, 0.4) is 0 Å². The summed E-state index contributed by atoms with van der Waals surface area (Å²) >= 11 is 0. The van der Waals surface area contributed by atoms with Crippen molar-refractivity contribution in [2.75, 3.05) is 13.4 Å². The van der Waals surface area contributed by atoms with Gasteiger partial charge in [0, 0.05) is 29.8 Å². The number of aromatic nitrogens is 1. The van der Waals surface area contributed by atoms with Gasteiger partial charge in [0.05, 0.1) is 12.9 Å². The van der Waals surface area contributed by atoms with Gasteiger partial charge in [-0.05, 0) is 42.0 Å². The molecule has 1 aromatic carbocycles. The van der Waals surface area contributed by atoms with Gasteiger partial charge in [-0.1, -0.05) is 12.1 Å². The number of ether oxygens (including phenoxy) is 1. The molecule has 1 heterocycles. The summed E-state index contributed by atoms with van der Waals surface area (Å²) in [5.74, 6) is 1.32. The van der Waals surface area contributed by atoms with Crippen LogP contribution in [0.15, 0.2) is 36.7 Å². The molecule has 22 heavy (non-hydrogen) atoms. The summed E-state index contributed by atoms with van der Waals surface area (Å²) in [7, 11) is -1.45. The Labute approximate surface area is 131 Å². The smallest absolute Gasteiger partial charge is 0.151 e. The lowest BCUT2D eigenvalue weighted by molar-refractivity contribution is 0.416. The molecule has 1 aliphatic carbocycles. The molecule has 1 saturated carbocycles. The third kappa shape index (κ3) is 3.30. The van der Waals surface area contributed by atoms with Crippen molar-refractivity contribution in [2.24, 2.45) is 0 Å². The van der Waals surface area contributed by atoms with Crippen molar-refractivity contribution in [2.45, 2.75) is 24.5 Å². The van der Waals surface area contributed by atoms with E-state index in [1.165, 1.54) is 24.7 Å². The van der Waals surface area contributed by atoms with Crippen LogP contribution in [0, 0.1) is 0 Å². The van der Waals surface area contributed by atoms with Gasteiger partial charge in [0.1, 0.15) is 5.75 Å². The molecule has 4 nitrogen and oxygen atoms in total. The van der Waals surface area contributed by atoms with Gasteiger partial charge >= 0.3 is 0 Å². The minimum Gasteiger partial charge on any atom is -0.496 e. The molecule has 0 amide bonds. The first-order chi connectivity index (χ1) is 10.5. The third-order valence-corrected chi connectivity index (χ3v) is 4.71. The van der Waals surface area contributed by atoms with Crippen molar-refractivity contribution in [1.82, 2.24) is 4.98 Å². The van der Waals surface area contributed by atoms with Gasteiger partial charge in [-0.15, -0.1) is 0 Å². The Morgan fingerprint density at radius 1 is 1.23 bits per heavy atom.